The van der Waals surface area contributed by atoms with Crippen molar-refractivity contribution in [2.75, 3.05) is 19.8 Å². The average molecular weight is 341 g/mol. The zero-order valence-electron chi connectivity index (χ0n) is 13.7. The van der Waals surface area contributed by atoms with Gasteiger partial charge in [0.05, 0.1) is 6.61 Å². The van der Waals surface area contributed by atoms with E-state index in [-0.39, 0.29) is 24.4 Å². The molecule has 23 heavy (non-hydrogen) atoms. The minimum absolute atomic E-state index is 0. The Morgan fingerprint density at radius 1 is 1.22 bits per heavy atom. The van der Waals surface area contributed by atoms with Crippen molar-refractivity contribution in [1.82, 2.24) is 5.32 Å². The van der Waals surface area contributed by atoms with Crippen molar-refractivity contribution in [2.24, 2.45) is 11.7 Å². The van der Waals surface area contributed by atoms with Gasteiger partial charge in [-0.25, -0.2) is 0 Å². The molecule has 5 heteroatoms. The zero-order chi connectivity index (χ0) is 15.6. The van der Waals surface area contributed by atoms with Crippen molar-refractivity contribution in [2.45, 2.75) is 44.6 Å². The van der Waals surface area contributed by atoms with Crippen LogP contribution in [0.25, 0.3) is 0 Å². The lowest BCUT2D eigenvalue weighted by molar-refractivity contribution is -0.122. The van der Waals surface area contributed by atoms with Crippen molar-refractivity contribution in [3.8, 4) is 0 Å². The number of amides is 1. The lowest BCUT2D eigenvalue weighted by Crippen LogP contribution is -2.39. The first-order chi connectivity index (χ1) is 10.8. The quantitative estimate of drug-likeness (QED) is 0.679. The highest BCUT2D eigenvalue weighted by Crippen LogP contribution is 2.24. The maximum Gasteiger partial charge on any atom is 0.220 e. The first-order valence-electron chi connectivity index (χ1n) is 8.40. The number of carbonyl (C=O) groups excluding carboxylic acids is 1. The molecule has 2 unspecified atom stereocenters. The Morgan fingerprint density at radius 2 is 2.00 bits per heavy atom. The second kappa shape index (κ2) is 11.4. The molecule has 1 fully saturated rings. The van der Waals surface area contributed by atoms with Gasteiger partial charge in [0.15, 0.2) is 0 Å². The van der Waals surface area contributed by atoms with E-state index >= 15 is 0 Å². The molecule has 1 aliphatic carbocycles. The predicted molar refractivity (Wildman–Crippen MR) is 95.8 cm³/mol. The van der Waals surface area contributed by atoms with E-state index in [0.29, 0.717) is 32.1 Å². The van der Waals surface area contributed by atoms with Crippen molar-refractivity contribution >= 4 is 18.3 Å². The number of nitrogens with two attached hydrogens (primary N) is 1. The Labute approximate surface area is 145 Å². The number of halogens is 1. The fraction of sp³-hybridized carbons (Fsp3) is 0.611. The largest absolute Gasteiger partial charge is 0.381 e. The summed E-state index contributed by atoms with van der Waals surface area (Å²) < 4.78 is 5.60. The molecule has 2 rings (SSSR count). The SMILES string of the molecule is Cl.NCC1CCCC1NC(=O)CCCOCCc1ccccc1. The molecule has 0 radical (unpaired) electrons. The lowest BCUT2D eigenvalue weighted by Gasteiger charge is -2.19. The summed E-state index contributed by atoms with van der Waals surface area (Å²) >= 11 is 0. The van der Waals surface area contributed by atoms with Crippen LogP contribution in [-0.4, -0.2) is 31.7 Å². The molecule has 0 heterocycles. The van der Waals surface area contributed by atoms with Crippen LogP contribution in [0, 0.1) is 5.92 Å². The van der Waals surface area contributed by atoms with E-state index < -0.39 is 0 Å². The second-order valence-corrected chi connectivity index (χ2v) is 6.05. The summed E-state index contributed by atoms with van der Waals surface area (Å²) in [5, 5.41) is 3.12. The summed E-state index contributed by atoms with van der Waals surface area (Å²) in [6.07, 6.45) is 5.63. The number of hydrogen-bond donors (Lipinski definition) is 2. The van der Waals surface area contributed by atoms with Crippen molar-refractivity contribution in [3.63, 3.8) is 0 Å². The number of carbonyl (C=O) groups is 1. The van der Waals surface area contributed by atoms with Crippen LogP contribution in [0.4, 0.5) is 0 Å². The molecule has 0 aromatic heterocycles. The first kappa shape index (κ1) is 19.9. The van der Waals surface area contributed by atoms with E-state index in [1.807, 2.05) is 18.2 Å². The fourth-order valence-corrected chi connectivity index (χ4v) is 3.06. The van der Waals surface area contributed by atoms with E-state index in [9.17, 15) is 4.79 Å². The molecular formula is C18H29ClN2O2. The van der Waals surface area contributed by atoms with E-state index in [2.05, 4.69) is 17.4 Å². The molecule has 4 nitrogen and oxygen atoms in total. The third-order valence-electron chi connectivity index (χ3n) is 4.38. The molecule has 1 amide bonds. The molecule has 0 spiro atoms. The molecule has 2 atom stereocenters. The van der Waals surface area contributed by atoms with Gasteiger partial charge in [-0.1, -0.05) is 36.8 Å². The fourth-order valence-electron chi connectivity index (χ4n) is 3.06. The van der Waals surface area contributed by atoms with Crippen molar-refractivity contribution in [1.29, 1.82) is 0 Å². The van der Waals surface area contributed by atoms with Gasteiger partial charge in [0.2, 0.25) is 5.91 Å². The summed E-state index contributed by atoms with van der Waals surface area (Å²) in [4.78, 5) is 11.9. The molecule has 1 aromatic carbocycles. The number of hydrogen-bond acceptors (Lipinski definition) is 3. The Balaban J connectivity index is 0.00000264. The van der Waals surface area contributed by atoms with E-state index in [1.54, 1.807) is 0 Å². The van der Waals surface area contributed by atoms with Gasteiger partial charge in [-0.05, 0) is 43.7 Å². The van der Waals surface area contributed by atoms with E-state index in [1.165, 1.54) is 12.0 Å². The molecule has 1 saturated carbocycles. The van der Waals surface area contributed by atoms with Crippen LogP contribution in [-0.2, 0) is 16.0 Å². The van der Waals surface area contributed by atoms with Crippen molar-refractivity contribution in [3.05, 3.63) is 35.9 Å². The van der Waals surface area contributed by atoms with Crippen LogP contribution < -0.4 is 11.1 Å². The predicted octanol–water partition coefficient (Wildman–Crippen LogP) is 2.69. The number of ether oxygens (including phenoxy) is 1. The van der Waals surface area contributed by atoms with Crippen LogP contribution >= 0.6 is 12.4 Å². The monoisotopic (exact) mass is 340 g/mol. The van der Waals surface area contributed by atoms with Gasteiger partial charge < -0.3 is 15.8 Å². The van der Waals surface area contributed by atoms with Crippen LogP contribution in [0.3, 0.4) is 0 Å². The summed E-state index contributed by atoms with van der Waals surface area (Å²) in [7, 11) is 0. The molecule has 1 aromatic rings. The third-order valence-corrected chi connectivity index (χ3v) is 4.38. The third kappa shape index (κ3) is 7.34. The topological polar surface area (TPSA) is 64.3 Å². The molecule has 1 aliphatic rings. The average Bonchev–Trinajstić information content (AvgIpc) is 2.99. The number of nitrogens with one attached hydrogen (secondary N) is 1. The Bertz CT molecular complexity index is 442. The highest BCUT2D eigenvalue weighted by molar-refractivity contribution is 5.85. The van der Waals surface area contributed by atoms with Gasteiger partial charge in [-0.3, -0.25) is 4.79 Å². The van der Waals surface area contributed by atoms with Crippen LogP contribution in [0.5, 0.6) is 0 Å². The van der Waals surface area contributed by atoms with Crippen molar-refractivity contribution < 1.29 is 9.53 Å². The summed E-state index contributed by atoms with van der Waals surface area (Å²) in [6.45, 7) is 2.03. The minimum atomic E-state index is 0. The van der Waals surface area contributed by atoms with Gasteiger partial charge in [-0.15, -0.1) is 12.4 Å². The molecule has 3 N–H and O–H groups in total. The smallest absolute Gasteiger partial charge is 0.220 e. The van der Waals surface area contributed by atoms with Gasteiger partial charge >= 0.3 is 0 Å². The van der Waals surface area contributed by atoms with Crippen LogP contribution in [0.2, 0.25) is 0 Å². The number of rotatable bonds is 9. The highest BCUT2D eigenvalue weighted by Gasteiger charge is 2.26. The van der Waals surface area contributed by atoms with Gasteiger partial charge in [0.25, 0.3) is 0 Å². The maximum atomic E-state index is 11.9. The highest BCUT2D eigenvalue weighted by atomic mass is 35.5. The van der Waals surface area contributed by atoms with E-state index in [4.69, 9.17) is 10.5 Å². The van der Waals surface area contributed by atoms with Gasteiger partial charge in [0, 0.05) is 19.1 Å². The normalized spacial score (nSPS) is 20.0. The molecular weight excluding hydrogens is 312 g/mol. The number of benzene rings is 1. The summed E-state index contributed by atoms with van der Waals surface area (Å²) in [5.41, 5.74) is 7.02. The van der Waals surface area contributed by atoms with Crippen LogP contribution in [0.1, 0.15) is 37.7 Å². The second-order valence-electron chi connectivity index (χ2n) is 6.05. The maximum absolute atomic E-state index is 11.9. The van der Waals surface area contributed by atoms with Gasteiger partial charge in [-0.2, -0.15) is 0 Å². The molecule has 130 valence electrons. The Kier molecular flexibility index (Phi) is 9.92. The first-order valence-corrected chi connectivity index (χ1v) is 8.40. The van der Waals surface area contributed by atoms with Crippen LogP contribution in [0.15, 0.2) is 30.3 Å². The standard InChI is InChI=1S/C18H28N2O2.ClH/c19-14-16-8-4-9-17(16)20-18(21)10-5-12-22-13-11-15-6-2-1-3-7-15;/h1-3,6-7,16-17H,4-5,8-14,19H2,(H,20,21);1H. The Hall–Kier alpha value is -1.10. The molecule has 0 bridgehead atoms. The zero-order valence-corrected chi connectivity index (χ0v) is 14.5. The van der Waals surface area contributed by atoms with E-state index in [0.717, 1.165) is 25.7 Å². The minimum Gasteiger partial charge on any atom is -0.381 e. The Morgan fingerprint density at radius 3 is 2.74 bits per heavy atom. The molecule has 0 saturated heterocycles. The van der Waals surface area contributed by atoms with Gasteiger partial charge in [0.1, 0.15) is 0 Å². The summed E-state index contributed by atoms with van der Waals surface area (Å²) in [5.74, 6) is 0.600. The summed E-state index contributed by atoms with van der Waals surface area (Å²) in [6, 6.07) is 10.6. The molecule has 0 aliphatic heterocycles. The lowest BCUT2D eigenvalue weighted by atomic mass is 10.0.